The van der Waals surface area contributed by atoms with Crippen molar-refractivity contribution < 1.29 is 14.7 Å². The van der Waals surface area contributed by atoms with E-state index >= 15 is 0 Å². The van der Waals surface area contributed by atoms with Crippen LogP contribution < -0.4 is 9.47 Å². The molecule has 0 amide bonds. The molecule has 2 heterocycles. The normalized spacial score (nSPS) is 11.2. The van der Waals surface area contributed by atoms with Crippen molar-refractivity contribution in [2.24, 2.45) is 5.16 Å². The van der Waals surface area contributed by atoms with E-state index in [0.717, 1.165) is 5.69 Å². The van der Waals surface area contributed by atoms with Crippen LogP contribution in [0.2, 0.25) is 0 Å². The quantitative estimate of drug-likeness (QED) is 0.439. The van der Waals surface area contributed by atoms with Gasteiger partial charge in [0, 0.05) is 17.8 Å². The van der Waals surface area contributed by atoms with E-state index in [-0.39, 0.29) is 0 Å². The molecular formula is C19H17N3O3. The molecule has 6 nitrogen and oxygen atoms in total. The Labute approximate surface area is 145 Å². The summed E-state index contributed by atoms with van der Waals surface area (Å²) in [5.41, 5.74) is 2.85. The number of aromatic nitrogens is 2. The molecule has 0 spiro atoms. The summed E-state index contributed by atoms with van der Waals surface area (Å²) < 4.78 is 10.6. The molecule has 0 aliphatic rings. The smallest absolute Gasteiger partial charge is 0.139 e. The van der Waals surface area contributed by atoms with E-state index in [0.29, 0.717) is 34.2 Å². The van der Waals surface area contributed by atoms with Crippen LogP contribution >= 0.6 is 0 Å². The van der Waals surface area contributed by atoms with E-state index in [2.05, 4.69) is 15.1 Å². The predicted molar refractivity (Wildman–Crippen MR) is 94.4 cm³/mol. The van der Waals surface area contributed by atoms with Gasteiger partial charge in [-0.05, 0) is 36.4 Å². The molecular weight excluding hydrogens is 318 g/mol. The van der Waals surface area contributed by atoms with E-state index < -0.39 is 0 Å². The van der Waals surface area contributed by atoms with Gasteiger partial charge in [-0.15, -0.1) is 0 Å². The Kier molecular flexibility index (Phi) is 4.89. The predicted octanol–water partition coefficient (Wildman–Crippen LogP) is 3.39. The van der Waals surface area contributed by atoms with Crippen molar-refractivity contribution >= 4 is 5.71 Å². The summed E-state index contributed by atoms with van der Waals surface area (Å²) in [5.74, 6) is 1.17. The first-order valence-electron chi connectivity index (χ1n) is 7.60. The number of rotatable bonds is 5. The van der Waals surface area contributed by atoms with Gasteiger partial charge in [-0.3, -0.25) is 4.98 Å². The highest BCUT2D eigenvalue weighted by Crippen LogP contribution is 2.27. The van der Waals surface area contributed by atoms with Gasteiger partial charge in [0.25, 0.3) is 0 Å². The first-order valence-corrected chi connectivity index (χ1v) is 7.60. The van der Waals surface area contributed by atoms with Gasteiger partial charge in [0.1, 0.15) is 17.2 Å². The van der Waals surface area contributed by atoms with Gasteiger partial charge < -0.3 is 14.7 Å². The Hall–Kier alpha value is -3.41. The molecule has 126 valence electrons. The molecule has 3 rings (SSSR count). The van der Waals surface area contributed by atoms with E-state index in [4.69, 9.17) is 9.47 Å². The third-order valence-corrected chi connectivity index (χ3v) is 3.68. The zero-order valence-electron chi connectivity index (χ0n) is 13.9. The van der Waals surface area contributed by atoms with Crippen molar-refractivity contribution in [3.05, 3.63) is 72.1 Å². The lowest BCUT2D eigenvalue weighted by molar-refractivity contribution is 0.319. The highest BCUT2D eigenvalue weighted by atomic mass is 16.5. The maximum absolute atomic E-state index is 9.59. The van der Waals surface area contributed by atoms with Gasteiger partial charge in [0.05, 0.1) is 31.3 Å². The maximum Gasteiger partial charge on any atom is 0.139 e. The number of ether oxygens (including phenoxy) is 2. The zero-order chi connectivity index (χ0) is 17.6. The van der Waals surface area contributed by atoms with Crippen LogP contribution in [0, 0.1) is 0 Å². The van der Waals surface area contributed by atoms with Gasteiger partial charge in [-0.2, -0.15) is 0 Å². The van der Waals surface area contributed by atoms with Gasteiger partial charge in [-0.25, -0.2) is 4.98 Å². The topological polar surface area (TPSA) is 76.8 Å². The molecule has 0 fully saturated rings. The van der Waals surface area contributed by atoms with Gasteiger partial charge in [0.15, 0.2) is 0 Å². The minimum absolute atomic E-state index is 0.303. The van der Waals surface area contributed by atoms with Gasteiger partial charge in [0.2, 0.25) is 0 Å². The zero-order valence-corrected chi connectivity index (χ0v) is 13.9. The first kappa shape index (κ1) is 16.4. The van der Waals surface area contributed by atoms with Crippen LogP contribution in [-0.2, 0) is 0 Å². The van der Waals surface area contributed by atoms with Crippen molar-refractivity contribution in [2.45, 2.75) is 0 Å². The summed E-state index contributed by atoms with van der Waals surface area (Å²) in [4.78, 5) is 8.87. The largest absolute Gasteiger partial charge is 0.497 e. The minimum Gasteiger partial charge on any atom is -0.497 e. The standard InChI is InChI=1S/C19H17N3O3/c1-24-13-9-10-14(18(12-13)25-2)19(22-23)17-8-5-7-16(21-17)15-6-3-4-11-20-15/h3-12,23H,1-2H3/b22-19-. The molecule has 1 N–H and O–H groups in total. The van der Waals surface area contributed by atoms with Crippen LogP contribution in [-0.4, -0.2) is 35.1 Å². The molecule has 0 aliphatic heterocycles. The fraction of sp³-hybridized carbons (Fsp3) is 0.105. The maximum atomic E-state index is 9.59. The molecule has 2 aromatic heterocycles. The second-order valence-electron chi connectivity index (χ2n) is 5.14. The van der Waals surface area contributed by atoms with Crippen LogP contribution in [0.15, 0.2) is 65.9 Å². The average molecular weight is 335 g/mol. The Morgan fingerprint density at radius 2 is 1.80 bits per heavy atom. The number of methoxy groups -OCH3 is 2. The Balaban J connectivity index is 2.06. The van der Waals surface area contributed by atoms with E-state index in [1.54, 1.807) is 44.7 Å². The molecule has 6 heteroatoms. The summed E-state index contributed by atoms with van der Waals surface area (Å²) in [5, 5.41) is 13.0. The van der Waals surface area contributed by atoms with Crippen LogP contribution in [0.3, 0.4) is 0 Å². The molecule has 0 atom stereocenters. The summed E-state index contributed by atoms with van der Waals surface area (Å²) in [6, 6.07) is 16.3. The molecule has 25 heavy (non-hydrogen) atoms. The second kappa shape index (κ2) is 7.44. The van der Waals surface area contributed by atoms with Crippen LogP contribution in [0.5, 0.6) is 11.5 Å². The average Bonchev–Trinajstić information content (AvgIpc) is 2.69. The highest BCUT2D eigenvalue weighted by Gasteiger charge is 2.16. The first-order chi connectivity index (χ1) is 12.3. The number of benzene rings is 1. The summed E-state index contributed by atoms with van der Waals surface area (Å²) >= 11 is 0. The Morgan fingerprint density at radius 3 is 2.48 bits per heavy atom. The monoisotopic (exact) mass is 335 g/mol. The van der Waals surface area contributed by atoms with Crippen molar-refractivity contribution in [3.63, 3.8) is 0 Å². The molecule has 0 saturated heterocycles. The molecule has 0 bridgehead atoms. The van der Waals surface area contributed by atoms with E-state index in [1.807, 2.05) is 30.3 Å². The van der Waals surface area contributed by atoms with Crippen LogP contribution in [0.1, 0.15) is 11.3 Å². The van der Waals surface area contributed by atoms with Crippen molar-refractivity contribution in [1.29, 1.82) is 0 Å². The SMILES string of the molecule is COc1ccc(/C(=N/O)c2cccc(-c3ccccn3)n2)c(OC)c1. The molecule has 0 radical (unpaired) electrons. The van der Waals surface area contributed by atoms with Crippen molar-refractivity contribution in [3.8, 4) is 22.9 Å². The van der Waals surface area contributed by atoms with E-state index in [1.165, 1.54) is 0 Å². The molecule has 0 saturated carbocycles. The second-order valence-corrected chi connectivity index (χ2v) is 5.14. The van der Waals surface area contributed by atoms with Crippen LogP contribution in [0.25, 0.3) is 11.4 Å². The molecule has 3 aromatic rings. The van der Waals surface area contributed by atoms with Gasteiger partial charge in [-0.1, -0.05) is 17.3 Å². The molecule has 0 unspecified atom stereocenters. The highest BCUT2D eigenvalue weighted by molar-refractivity contribution is 6.13. The third kappa shape index (κ3) is 3.42. The third-order valence-electron chi connectivity index (χ3n) is 3.68. The lowest BCUT2D eigenvalue weighted by Gasteiger charge is -2.12. The summed E-state index contributed by atoms with van der Waals surface area (Å²) in [6.45, 7) is 0. The number of hydrogen-bond acceptors (Lipinski definition) is 6. The van der Waals surface area contributed by atoms with Gasteiger partial charge >= 0.3 is 0 Å². The molecule has 1 aromatic carbocycles. The Bertz CT molecular complexity index is 895. The summed E-state index contributed by atoms with van der Waals surface area (Å²) in [7, 11) is 3.12. The number of nitrogens with zero attached hydrogens (tertiary/aromatic N) is 3. The minimum atomic E-state index is 0.303. The lowest BCUT2D eigenvalue weighted by atomic mass is 10.0. The Morgan fingerprint density at radius 1 is 0.960 bits per heavy atom. The number of hydrogen-bond donors (Lipinski definition) is 1. The van der Waals surface area contributed by atoms with Crippen LogP contribution in [0.4, 0.5) is 0 Å². The van der Waals surface area contributed by atoms with E-state index in [9.17, 15) is 5.21 Å². The number of oxime groups is 1. The summed E-state index contributed by atoms with van der Waals surface area (Å²) in [6.07, 6.45) is 1.71. The van der Waals surface area contributed by atoms with Crippen molar-refractivity contribution in [2.75, 3.05) is 14.2 Å². The van der Waals surface area contributed by atoms with Crippen molar-refractivity contribution in [1.82, 2.24) is 9.97 Å². The number of pyridine rings is 2. The fourth-order valence-electron chi connectivity index (χ4n) is 2.46. The fourth-order valence-corrected chi connectivity index (χ4v) is 2.46. The lowest BCUT2D eigenvalue weighted by Crippen LogP contribution is -2.08. The molecule has 0 aliphatic carbocycles.